The Kier molecular flexibility index (Phi) is 6.68. The predicted octanol–water partition coefficient (Wildman–Crippen LogP) is 3.44. The van der Waals surface area contributed by atoms with Crippen molar-refractivity contribution in [3.8, 4) is 5.69 Å². The minimum atomic E-state index is -0.653. The first-order valence-electron chi connectivity index (χ1n) is 9.11. The minimum Gasteiger partial charge on any atom is -0.452 e. The van der Waals surface area contributed by atoms with E-state index in [2.05, 4.69) is 21.2 Å². The van der Waals surface area contributed by atoms with Crippen molar-refractivity contribution in [1.29, 1.82) is 0 Å². The van der Waals surface area contributed by atoms with Crippen LogP contribution in [0.3, 0.4) is 0 Å². The number of para-hydroxylation sites is 1. The summed E-state index contributed by atoms with van der Waals surface area (Å²) >= 11 is 3.34. The highest BCUT2D eigenvalue weighted by Gasteiger charge is 2.18. The summed E-state index contributed by atoms with van der Waals surface area (Å²) < 4.78 is 9.00. The Labute approximate surface area is 181 Å². The number of rotatable bonds is 6. The van der Waals surface area contributed by atoms with Crippen molar-refractivity contribution in [2.75, 3.05) is 11.9 Å². The van der Waals surface area contributed by atoms with Crippen molar-refractivity contribution in [2.24, 2.45) is 7.05 Å². The van der Waals surface area contributed by atoms with Gasteiger partial charge in [-0.15, -0.1) is 0 Å². The molecule has 0 atom stereocenters. The Balaban J connectivity index is 1.63. The lowest BCUT2D eigenvalue weighted by Gasteiger charge is -2.07. The molecule has 2 aromatic carbocycles. The van der Waals surface area contributed by atoms with E-state index < -0.39 is 18.5 Å². The maximum Gasteiger partial charge on any atom is 0.331 e. The molecule has 0 fully saturated rings. The number of anilines is 1. The van der Waals surface area contributed by atoms with Crippen LogP contribution < -0.4 is 10.9 Å². The highest BCUT2D eigenvalue weighted by Crippen LogP contribution is 2.14. The monoisotopic (exact) mass is 469 g/mol. The summed E-state index contributed by atoms with van der Waals surface area (Å²) in [6, 6.07) is 16.5. The van der Waals surface area contributed by atoms with Gasteiger partial charge in [-0.3, -0.25) is 14.3 Å². The fraction of sp³-hybridized carbons (Fsp3) is 0.136. The lowest BCUT2D eigenvalue weighted by Crippen LogP contribution is -2.25. The third-order valence-corrected chi connectivity index (χ3v) is 4.97. The van der Waals surface area contributed by atoms with Gasteiger partial charge in [-0.1, -0.05) is 46.3 Å². The number of halogens is 1. The molecule has 1 amide bonds. The van der Waals surface area contributed by atoms with Crippen molar-refractivity contribution in [3.05, 3.63) is 86.8 Å². The summed E-state index contributed by atoms with van der Waals surface area (Å²) in [5, 5.41) is 2.55. The van der Waals surface area contributed by atoms with Crippen molar-refractivity contribution >= 4 is 39.6 Å². The molecule has 154 valence electrons. The Bertz CT molecular complexity index is 1150. The molecule has 8 heteroatoms. The van der Waals surface area contributed by atoms with Crippen LogP contribution >= 0.6 is 15.9 Å². The van der Waals surface area contributed by atoms with E-state index in [0.29, 0.717) is 11.4 Å². The number of ether oxygens (including phenoxy) is 1. The molecule has 0 bridgehead atoms. The van der Waals surface area contributed by atoms with Gasteiger partial charge in [-0.2, -0.15) is 0 Å². The number of aromatic nitrogens is 2. The normalized spacial score (nSPS) is 10.9. The molecule has 3 rings (SSSR count). The fourth-order valence-electron chi connectivity index (χ4n) is 2.81. The van der Waals surface area contributed by atoms with Gasteiger partial charge in [0.05, 0.1) is 11.4 Å². The van der Waals surface area contributed by atoms with Crippen LogP contribution in [0.25, 0.3) is 11.8 Å². The second-order valence-corrected chi connectivity index (χ2v) is 7.39. The number of amides is 1. The molecule has 7 nitrogen and oxygen atoms in total. The number of carbonyl (C=O) groups is 2. The summed E-state index contributed by atoms with van der Waals surface area (Å²) in [6.07, 6.45) is 2.83. The molecule has 0 aliphatic heterocycles. The quantitative estimate of drug-likeness (QED) is 0.442. The molecule has 0 aliphatic carbocycles. The van der Waals surface area contributed by atoms with Gasteiger partial charge in [0.15, 0.2) is 6.61 Å². The lowest BCUT2D eigenvalue weighted by molar-refractivity contribution is -0.142. The van der Waals surface area contributed by atoms with E-state index in [9.17, 15) is 14.4 Å². The van der Waals surface area contributed by atoms with Crippen molar-refractivity contribution in [1.82, 2.24) is 9.36 Å². The van der Waals surface area contributed by atoms with Crippen molar-refractivity contribution in [3.63, 3.8) is 0 Å². The predicted molar refractivity (Wildman–Crippen MR) is 119 cm³/mol. The molecule has 30 heavy (non-hydrogen) atoms. The number of hydrogen-bond acceptors (Lipinski definition) is 4. The molecule has 1 heterocycles. The fourth-order valence-corrected chi connectivity index (χ4v) is 3.08. The molecule has 0 aliphatic rings. The molecule has 0 unspecified atom stereocenters. The number of carbonyl (C=O) groups excluding carboxylic acids is 2. The summed E-state index contributed by atoms with van der Waals surface area (Å²) in [5.41, 5.74) is 1.86. The van der Waals surface area contributed by atoms with Crippen LogP contribution in [0, 0.1) is 6.92 Å². The third kappa shape index (κ3) is 4.96. The first-order valence-corrected chi connectivity index (χ1v) is 9.90. The van der Waals surface area contributed by atoms with Gasteiger partial charge in [0.1, 0.15) is 5.69 Å². The van der Waals surface area contributed by atoms with Crippen LogP contribution in [0.15, 0.2) is 69.9 Å². The zero-order chi connectivity index (χ0) is 21.7. The van der Waals surface area contributed by atoms with Gasteiger partial charge < -0.3 is 10.1 Å². The summed E-state index contributed by atoms with van der Waals surface area (Å²) in [7, 11) is 1.73. The van der Waals surface area contributed by atoms with Gasteiger partial charge in [-0.05, 0) is 42.8 Å². The van der Waals surface area contributed by atoms with Crippen LogP contribution in [-0.2, 0) is 21.4 Å². The van der Waals surface area contributed by atoms with Gasteiger partial charge in [0.2, 0.25) is 0 Å². The molecule has 0 spiro atoms. The van der Waals surface area contributed by atoms with Crippen LogP contribution in [0.4, 0.5) is 5.69 Å². The lowest BCUT2D eigenvalue weighted by atomic mass is 10.2. The number of nitrogens with one attached hydrogen (secondary N) is 1. The van der Waals surface area contributed by atoms with E-state index in [-0.39, 0.29) is 11.2 Å². The molecule has 1 aromatic heterocycles. The summed E-state index contributed by atoms with van der Waals surface area (Å²) in [4.78, 5) is 36.8. The SMILES string of the molecule is Cc1c(NC(=O)COC(=O)/C=C/c2ccc(Br)cc2)c(=O)n(-c2ccccc2)n1C. The second kappa shape index (κ2) is 9.41. The maximum absolute atomic E-state index is 12.8. The van der Waals surface area contributed by atoms with Gasteiger partial charge in [-0.25, -0.2) is 9.48 Å². The van der Waals surface area contributed by atoms with E-state index in [1.54, 1.807) is 36.9 Å². The van der Waals surface area contributed by atoms with Crippen LogP contribution in [0.5, 0.6) is 0 Å². The van der Waals surface area contributed by atoms with Gasteiger partial charge >= 0.3 is 5.97 Å². The van der Waals surface area contributed by atoms with Gasteiger partial charge in [0, 0.05) is 17.6 Å². The molecular formula is C22H20BrN3O4. The van der Waals surface area contributed by atoms with E-state index >= 15 is 0 Å². The molecule has 1 N–H and O–H groups in total. The Morgan fingerprint density at radius 2 is 1.77 bits per heavy atom. The van der Waals surface area contributed by atoms with Crippen molar-refractivity contribution in [2.45, 2.75) is 6.92 Å². The van der Waals surface area contributed by atoms with Crippen LogP contribution in [0.1, 0.15) is 11.3 Å². The minimum absolute atomic E-state index is 0.146. The van der Waals surface area contributed by atoms with E-state index in [1.165, 1.54) is 10.8 Å². The van der Waals surface area contributed by atoms with Crippen LogP contribution in [-0.4, -0.2) is 27.8 Å². The zero-order valence-corrected chi connectivity index (χ0v) is 18.0. The molecule has 0 saturated carbocycles. The zero-order valence-electron chi connectivity index (χ0n) is 16.5. The Morgan fingerprint density at radius 3 is 2.43 bits per heavy atom. The highest BCUT2D eigenvalue weighted by atomic mass is 79.9. The average Bonchev–Trinajstić information content (AvgIpc) is 2.95. The first kappa shape index (κ1) is 21.3. The standard InChI is InChI=1S/C22H20BrN3O4/c1-15-21(22(29)26(25(15)2)18-6-4-3-5-7-18)24-19(27)14-30-20(28)13-10-16-8-11-17(23)12-9-16/h3-13H,14H2,1-2H3,(H,24,27)/b13-10+. The Morgan fingerprint density at radius 1 is 1.10 bits per heavy atom. The van der Waals surface area contributed by atoms with Gasteiger partial charge in [0.25, 0.3) is 11.5 Å². The first-order chi connectivity index (χ1) is 14.4. The van der Waals surface area contributed by atoms with E-state index in [0.717, 1.165) is 10.0 Å². The number of benzene rings is 2. The Hall–Kier alpha value is -3.39. The van der Waals surface area contributed by atoms with E-state index in [4.69, 9.17) is 4.74 Å². The molecule has 3 aromatic rings. The summed E-state index contributed by atoms with van der Waals surface area (Å²) in [6.45, 7) is 1.23. The largest absolute Gasteiger partial charge is 0.452 e. The average molecular weight is 470 g/mol. The molecular weight excluding hydrogens is 450 g/mol. The topological polar surface area (TPSA) is 82.3 Å². The highest BCUT2D eigenvalue weighted by molar-refractivity contribution is 9.10. The molecule has 0 saturated heterocycles. The maximum atomic E-state index is 12.8. The smallest absolute Gasteiger partial charge is 0.331 e. The number of esters is 1. The number of nitrogens with zero attached hydrogens (tertiary/aromatic N) is 2. The van der Waals surface area contributed by atoms with Crippen molar-refractivity contribution < 1.29 is 14.3 Å². The third-order valence-electron chi connectivity index (χ3n) is 4.45. The molecule has 0 radical (unpaired) electrons. The van der Waals surface area contributed by atoms with Crippen LogP contribution in [0.2, 0.25) is 0 Å². The summed E-state index contributed by atoms with van der Waals surface area (Å²) in [5.74, 6) is -1.24. The second-order valence-electron chi connectivity index (χ2n) is 6.48. The number of hydrogen-bond donors (Lipinski definition) is 1. The van der Waals surface area contributed by atoms with E-state index in [1.807, 2.05) is 42.5 Å².